The number of nitrogens with two attached hydrogens (primary N) is 1. The lowest BCUT2D eigenvalue weighted by Crippen LogP contribution is -2.37. The lowest BCUT2D eigenvalue weighted by atomic mass is 9.85. The molecule has 21 heavy (non-hydrogen) atoms. The van der Waals surface area contributed by atoms with Crippen LogP contribution in [-0.4, -0.2) is 11.9 Å². The second-order valence-electron chi connectivity index (χ2n) is 5.54. The van der Waals surface area contributed by atoms with E-state index in [0.717, 1.165) is 31.4 Å². The van der Waals surface area contributed by atoms with E-state index in [4.69, 9.17) is 5.73 Å². The van der Waals surface area contributed by atoms with Crippen molar-refractivity contribution in [3.8, 4) is 0 Å². The Kier molecular flexibility index (Phi) is 4.88. The SMILES string of the molecule is NC1CCCC(C(=O)NCc2ccc(C(F)(F)F)cc2)C1. The Morgan fingerprint density at radius 3 is 2.48 bits per heavy atom. The van der Waals surface area contributed by atoms with E-state index in [1.807, 2.05) is 0 Å². The molecule has 1 amide bonds. The summed E-state index contributed by atoms with van der Waals surface area (Å²) in [5.74, 6) is -0.145. The molecule has 0 saturated heterocycles. The lowest BCUT2D eigenvalue weighted by Gasteiger charge is -2.25. The van der Waals surface area contributed by atoms with E-state index < -0.39 is 11.7 Å². The molecule has 1 fully saturated rings. The van der Waals surface area contributed by atoms with Crippen molar-refractivity contribution in [2.75, 3.05) is 0 Å². The van der Waals surface area contributed by atoms with E-state index in [0.29, 0.717) is 12.0 Å². The van der Waals surface area contributed by atoms with Crippen LogP contribution in [0.3, 0.4) is 0 Å². The van der Waals surface area contributed by atoms with Gasteiger partial charge in [-0.2, -0.15) is 13.2 Å². The molecule has 0 spiro atoms. The highest BCUT2D eigenvalue weighted by Crippen LogP contribution is 2.29. The second kappa shape index (κ2) is 6.47. The molecule has 1 saturated carbocycles. The standard InChI is InChI=1S/C15H19F3N2O/c16-15(17,18)12-6-4-10(5-7-12)9-20-14(21)11-2-1-3-13(19)8-11/h4-7,11,13H,1-3,8-9,19H2,(H,20,21). The van der Waals surface area contributed by atoms with Crippen LogP contribution >= 0.6 is 0 Å². The van der Waals surface area contributed by atoms with E-state index in [2.05, 4.69) is 5.32 Å². The maximum atomic E-state index is 12.4. The highest BCUT2D eigenvalue weighted by atomic mass is 19.4. The van der Waals surface area contributed by atoms with Crippen molar-refractivity contribution in [3.63, 3.8) is 0 Å². The lowest BCUT2D eigenvalue weighted by molar-refractivity contribution is -0.137. The van der Waals surface area contributed by atoms with Crippen LogP contribution in [0.15, 0.2) is 24.3 Å². The third-order valence-electron chi connectivity index (χ3n) is 3.83. The number of carbonyl (C=O) groups is 1. The molecule has 1 aliphatic rings. The second-order valence-corrected chi connectivity index (χ2v) is 5.54. The zero-order valence-electron chi connectivity index (χ0n) is 11.6. The van der Waals surface area contributed by atoms with Gasteiger partial charge in [-0.25, -0.2) is 0 Å². The van der Waals surface area contributed by atoms with Gasteiger partial charge in [-0.05, 0) is 37.0 Å². The van der Waals surface area contributed by atoms with Gasteiger partial charge in [-0.1, -0.05) is 18.6 Å². The van der Waals surface area contributed by atoms with Crippen LogP contribution in [0.2, 0.25) is 0 Å². The summed E-state index contributed by atoms with van der Waals surface area (Å²) in [5, 5.41) is 2.77. The van der Waals surface area contributed by atoms with E-state index in [9.17, 15) is 18.0 Å². The van der Waals surface area contributed by atoms with E-state index in [1.54, 1.807) is 0 Å². The first-order valence-corrected chi connectivity index (χ1v) is 7.05. The average Bonchev–Trinajstić information content (AvgIpc) is 2.44. The van der Waals surface area contributed by atoms with Crippen LogP contribution in [0.25, 0.3) is 0 Å². The summed E-state index contributed by atoms with van der Waals surface area (Å²) in [4.78, 5) is 12.0. The summed E-state index contributed by atoms with van der Waals surface area (Å²) in [6.45, 7) is 0.239. The number of hydrogen-bond acceptors (Lipinski definition) is 2. The van der Waals surface area contributed by atoms with Crippen molar-refractivity contribution < 1.29 is 18.0 Å². The largest absolute Gasteiger partial charge is 0.416 e. The van der Waals surface area contributed by atoms with E-state index in [1.165, 1.54) is 12.1 Å². The molecule has 1 aliphatic carbocycles. The summed E-state index contributed by atoms with van der Waals surface area (Å²) < 4.78 is 37.3. The fourth-order valence-electron chi connectivity index (χ4n) is 2.61. The molecule has 0 radical (unpaired) electrons. The van der Waals surface area contributed by atoms with Crippen molar-refractivity contribution in [3.05, 3.63) is 35.4 Å². The molecule has 2 unspecified atom stereocenters. The smallest absolute Gasteiger partial charge is 0.352 e. The molecule has 2 rings (SSSR count). The minimum Gasteiger partial charge on any atom is -0.352 e. The van der Waals surface area contributed by atoms with Crippen LogP contribution in [0.4, 0.5) is 13.2 Å². The van der Waals surface area contributed by atoms with Crippen molar-refractivity contribution in [2.24, 2.45) is 11.7 Å². The zero-order chi connectivity index (χ0) is 15.5. The Hall–Kier alpha value is -1.56. The monoisotopic (exact) mass is 300 g/mol. The third kappa shape index (κ3) is 4.46. The van der Waals surface area contributed by atoms with Crippen LogP contribution < -0.4 is 11.1 Å². The first-order valence-electron chi connectivity index (χ1n) is 7.05. The van der Waals surface area contributed by atoms with E-state index in [-0.39, 0.29) is 24.4 Å². The number of nitrogens with one attached hydrogen (secondary N) is 1. The number of rotatable bonds is 3. The average molecular weight is 300 g/mol. The topological polar surface area (TPSA) is 55.1 Å². The van der Waals surface area contributed by atoms with Crippen LogP contribution in [-0.2, 0) is 17.5 Å². The molecule has 2 atom stereocenters. The molecule has 116 valence electrons. The molecular formula is C15H19F3N2O. The predicted molar refractivity (Wildman–Crippen MR) is 73.2 cm³/mol. The number of benzene rings is 1. The van der Waals surface area contributed by atoms with Gasteiger partial charge in [0.25, 0.3) is 0 Å². The number of halogens is 3. The first kappa shape index (κ1) is 15.8. The van der Waals surface area contributed by atoms with Crippen molar-refractivity contribution >= 4 is 5.91 Å². The summed E-state index contributed by atoms with van der Waals surface area (Å²) in [7, 11) is 0. The number of amides is 1. The van der Waals surface area contributed by atoms with Gasteiger partial charge in [-0.3, -0.25) is 4.79 Å². The van der Waals surface area contributed by atoms with Gasteiger partial charge in [-0.15, -0.1) is 0 Å². The van der Waals surface area contributed by atoms with Crippen molar-refractivity contribution in [1.82, 2.24) is 5.32 Å². The van der Waals surface area contributed by atoms with Gasteiger partial charge in [0.1, 0.15) is 0 Å². The van der Waals surface area contributed by atoms with Gasteiger partial charge in [0.2, 0.25) is 5.91 Å². The van der Waals surface area contributed by atoms with Crippen LogP contribution in [0, 0.1) is 5.92 Å². The molecule has 1 aromatic carbocycles. The fraction of sp³-hybridized carbons (Fsp3) is 0.533. The highest BCUT2D eigenvalue weighted by molar-refractivity contribution is 5.78. The maximum Gasteiger partial charge on any atom is 0.416 e. The number of hydrogen-bond donors (Lipinski definition) is 2. The third-order valence-corrected chi connectivity index (χ3v) is 3.83. The van der Waals surface area contributed by atoms with E-state index >= 15 is 0 Å². The predicted octanol–water partition coefficient (Wildman–Crippen LogP) is 2.84. The quantitative estimate of drug-likeness (QED) is 0.902. The summed E-state index contributed by atoms with van der Waals surface area (Å²) in [6, 6.07) is 4.89. The Labute approximate surface area is 121 Å². The molecule has 3 nitrogen and oxygen atoms in total. The molecule has 3 N–H and O–H groups in total. The van der Waals surface area contributed by atoms with Gasteiger partial charge >= 0.3 is 6.18 Å². The summed E-state index contributed by atoms with van der Waals surface area (Å²) >= 11 is 0. The van der Waals surface area contributed by atoms with Crippen molar-refractivity contribution in [1.29, 1.82) is 0 Å². The first-order chi connectivity index (χ1) is 9.86. The number of carbonyl (C=O) groups excluding carboxylic acids is 1. The van der Waals surface area contributed by atoms with Crippen LogP contribution in [0.1, 0.15) is 36.8 Å². The van der Waals surface area contributed by atoms with Gasteiger partial charge < -0.3 is 11.1 Å². The Morgan fingerprint density at radius 1 is 1.24 bits per heavy atom. The van der Waals surface area contributed by atoms with Gasteiger partial charge in [0.15, 0.2) is 0 Å². The molecule has 0 heterocycles. The van der Waals surface area contributed by atoms with Gasteiger partial charge in [0, 0.05) is 18.5 Å². The van der Waals surface area contributed by atoms with Crippen molar-refractivity contribution in [2.45, 2.75) is 44.4 Å². The normalized spacial score (nSPS) is 22.9. The minimum atomic E-state index is -4.33. The summed E-state index contributed by atoms with van der Waals surface area (Å²) in [6.07, 6.45) is -0.937. The molecule has 0 aliphatic heterocycles. The fourth-order valence-corrected chi connectivity index (χ4v) is 2.61. The molecule has 1 aromatic rings. The minimum absolute atomic E-state index is 0.0648. The Balaban J connectivity index is 1.86. The number of alkyl halides is 3. The maximum absolute atomic E-state index is 12.4. The summed E-state index contributed by atoms with van der Waals surface area (Å²) in [5.41, 5.74) is 5.81. The molecule has 0 bridgehead atoms. The molecule has 6 heteroatoms. The molecule has 0 aromatic heterocycles. The van der Waals surface area contributed by atoms with Crippen LogP contribution in [0.5, 0.6) is 0 Å². The Morgan fingerprint density at radius 2 is 1.90 bits per heavy atom. The molecular weight excluding hydrogens is 281 g/mol. The zero-order valence-corrected chi connectivity index (χ0v) is 11.6. The Bertz CT molecular complexity index is 485. The van der Waals surface area contributed by atoms with Gasteiger partial charge in [0.05, 0.1) is 5.56 Å². The highest BCUT2D eigenvalue weighted by Gasteiger charge is 2.30.